The van der Waals surface area contributed by atoms with E-state index in [4.69, 9.17) is 83.8 Å². The van der Waals surface area contributed by atoms with Crippen LogP contribution in [-0.4, -0.2) is 19.8 Å². The Morgan fingerprint density at radius 2 is 0.821 bits per heavy atom. The molecule has 4 aromatic carbocycles. The van der Waals surface area contributed by atoms with Crippen molar-refractivity contribution in [2.24, 2.45) is 0 Å². The first-order valence-electron chi connectivity index (χ1n) is 12.0. The fourth-order valence-electron chi connectivity index (χ4n) is 3.83. The molecule has 0 fully saturated rings. The number of hydrogen-bond donors (Lipinski definition) is 0. The molecule has 9 heteroatoms. The summed E-state index contributed by atoms with van der Waals surface area (Å²) in [7, 11) is 0. The Kier molecular flexibility index (Phi) is 10.6. The molecule has 0 saturated heterocycles. The van der Waals surface area contributed by atoms with Crippen LogP contribution in [0, 0.1) is 0 Å². The van der Waals surface area contributed by atoms with Gasteiger partial charge < -0.3 is 14.2 Å². The monoisotopic (exact) mass is 642 g/mol. The first kappa shape index (κ1) is 30.1. The van der Waals surface area contributed by atoms with Gasteiger partial charge in [0.05, 0.1) is 0 Å². The third-order valence-electron chi connectivity index (χ3n) is 5.66. The molecule has 0 radical (unpaired) electrons. The smallest absolute Gasteiger partial charge is 0.216 e. The fourth-order valence-corrected chi connectivity index (χ4v) is 4.60. The predicted molar refractivity (Wildman–Crippen MR) is 163 cm³/mol. The second kappa shape index (κ2) is 13.7. The van der Waals surface area contributed by atoms with Gasteiger partial charge in [-0.25, -0.2) is 0 Å². The predicted octanol–water partition coefficient (Wildman–Crippen LogP) is 10.6. The lowest BCUT2D eigenvalue weighted by Crippen LogP contribution is -2.41. The van der Waals surface area contributed by atoms with E-state index in [2.05, 4.69) is 0 Å². The summed E-state index contributed by atoms with van der Waals surface area (Å²) < 4.78 is 14.5. The van der Waals surface area contributed by atoms with Gasteiger partial charge in [-0.05, 0) is 59.7 Å². The number of ether oxygens (including phenoxy) is 3. The first-order chi connectivity index (χ1) is 18.6. The molecule has 0 spiro atoms. The lowest BCUT2D eigenvalue weighted by Gasteiger charge is -2.33. The largest absolute Gasteiger partial charge is 0.457 e. The van der Waals surface area contributed by atoms with Crippen LogP contribution in [0.5, 0.6) is 23.0 Å². The van der Waals surface area contributed by atoms with Gasteiger partial charge >= 0.3 is 0 Å². The summed E-state index contributed by atoms with van der Waals surface area (Å²) in [6, 6.07) is 33.8. The summed E-state index contributed by atoms with van der Waals surface area (Å²) >= 11 is 38.1. The Morgan fingerprint density at radius 1 is 0.462 bits per heavy atom. The van der Waals surface area contributed by atoms with Crippen LogP contribution < -0.4 is 9.47 Å². The number of halogens is 6. The third-order valence-corrected chi connectivity index (χ3v) is 7.12. The number of alkyl halides is 6. The van der Waals surface area contributed by atoms with E-state index in [1.807, 2.05) is 109 Å². The Balaban J connectivity index is 1.50. The Labute approximate surface area is 258 Å². The molecular formula is C30H24Cl6O3. The van der Waals surface area contributed by atoms with Crippen molar-refractivity contribution in [1.82, 2.24) is 0 Å². The summed E-state index contributed by atoms with van der Waals surface area (Å²) in [5.41, 5.74) is 1.64. The highest BCUT2D eigenvalue weighted by molar-refractivity contribution is 6.68. The van der Waals surface area contributed by atoms with Gasteiger partial charge in [0.25, 0.3) is 0 Å². The van der Waals surface area contributed by atoms with Crippen molar-refractivity contribution in [2.75, 3.05) is 0 Å². The van der Waals surface area contributed by atoms with Gasteiger partial charge in [-0.3, -0.25) is 0 Å². The van der Waals surface area contributed by atoms with Crippen molar-refractivity contribution >= 4 is 69.6 Å². The second-order valence-corrected chi connectivity index (χ2v) is 13.5. The molecule has 0 aliphatic carbocycles. The maximum atomic E-state index is 6.36. The normalized spacial score (nSPS) is 13.5. The van der Waals surface area contributed by atoms with Gasteiger partial charge in [-0.2, -0.15) is 0 Å². The quantitative estimate of drug-likeness (QED) is 0.161. The number of para-hydroxylation sites is 2. The van der Waals surface area contributed by atoms with Gasteiger partial charge in [-0.1, -0.05) is 130 Å². The van der Waals surface area contributed by atoms with E-state index in [9.17, 15) is 0 Å². The Hall–Kier alpha value is -1.82. The number of hydrogen-bond acceptors (Lipinski definition) is 3. The zero-order valence-electron chi connectivity index (χ0n) is 20.5. The second-order valence-electron chi connectivity index (χ2n) is 8.73. The van der Waals surface area contributed by atoms with Crippen molar-refractivity contribution in [1.29, 1.82) is 0 Å². The fraction of sp³-hybridized carbons (Fsp3) is 0.200. The van der Waals surface area contributed by atoms with E-state index in [1.54, 1.807) is 0 Å². The van der Waals surface area contributed by atoms with Gasteiger partial charge in [-0.15, -0.1) is 0 Å². The van der Waals surface area contributed by atoms with Crippen LogP contribution in [-0.2, 0) is 17.6 Å². The van der Waals surface area contributed by atoms with Crippen molar-refractivity contribution < 1.29 is 14.2 Å². The van der Waals surface area contributed by atoms with Crippen LogP contribution in [0.4, 0.5) is 0 Å². The minimum absolute atomic E-state index is 0.233. The molecular weight excluding hydrogens is 621 g/mol. The van der Waals surface area contributed by atoms with Crippen molar-refractivity contribution in [3.05, 3.63) is 120 Å². The molecule has 0 heterocycles. The molecule has 0 amide bonds. The maximum absolute atomic E-state index is 6.36. The van der Waals surface area contributed by atoms with E-state index >= 15 is 0 Å². The zero-order chi connectivity index (χ0) is 27.9. The van der Waals surface area contributed by atoms with E-state index in [-0.39, 0.29) is 12.8 Å². The standard InChI is InChI=1S/C30H24Cl6O3/c31-29(32,33)27(19-21-9-7-15-25(17-21)37-23-11-3-1-4-12-23)39-28(30(34,35)36)20-22-10-8-16-26(18-22)38-24-13-5-2-6-14-24/h1-18,27-28H,19-20H2. The molecule has 2 unspecified atom stereocenters. The molecule has 2 atom stereocenters. The molecule has 3 nitrogen and oxygen atoms in total. The van der Waals surface area contributed by atoms with E-state index in [0.717, 1.165) is 11.1 Å². The van der Waals surface area contributed by atoms with Crippen LogP contribution in [0.15, 0.2) is 109 Å². The highest BCUT2D eigenvalue weighted by Crippen LogP contribution is 2.41. The molecule has 204 valence electrons. The van der Waals surface area contributed by atoms with Crippen molar-refractivity contribution in [2.45, 2.75) is 32.6 Å². The van der Waals surface area contributed by atoms with E-state index in [1.165, 1.54) is 0 Å². The van der Waals surface area contributed by atoms with Crippen LogP contribution in [0.2, 0.25) is 0 Å². The molecule has 4 aromatic rings. The van der Waals surface area contributed by atoms with Crippen LogP contribution in [0.1, 0.15) is 11.1 Å². The molecule has 4 rings (SSSR count). The van der Waals surface area contributed by atoms with Crippen LogP contribution >= 0.6 is 69.6 Å². The first-order valence-corrected chi connectivity index (χ1v) is 14.3. The van der Waals surface area contributed by atoms with Crippen molar-refractivity contribution in [3.8, 4) is 23.0 Å². The van der Waals surface area contributed by atoms with Gasteiger partial charge in [0, 0.05) is 12.8 Å². The zero-order valence-corrected chi connectivity index (χ0v) is 25.0. The summed E-state index contributed by atoms with van der Waals surface area (Å²) in [5, 5.41) is 0. The topological polar surface area (TPSA) is 27.7 Å². The minimum Gasteiger partial charge on any atom is -0.457 e. The molecule has 0 saturated carbocycles. The summed E-state index contributed by atoms with van der Waals surface area (Å²) in [4.78, 5) is 0. The lowest BCUT2D eigenvalue weighted by atomic mass is 10.1. The third kappa shape index (κ3) is 9.65. The van der Waals surface area contributed by atoms with Gasteiger partial charge in [0.1, 0.15) is 35.2 Å². The van der Waals surface area contributed by atoms with Crippen LogP contribution in [0.3, 0.4) is 0 Å². The molecule has 0 aromatic heterocycles. The molecule has 0 N–H and O–H groups in total. The van der Waals surface area contributed by atoms with Gasteiger partial charge in [0.15, 0.2) is 0 Å². The summed E-state index contributed by atoms with van der Waals surface area (Å²) in [6.07, 6.45) is -1.40. The van der Waals surface area contributed by atoms with Crippen molar-refractivity contribution in [3.63, 3.8) is 0 Å². The molecule has 0 bridgehead atoms. The average molecular weight is 645 g/mol. The molecule has 0 aliphatic rings. The molecule has 0 aliphatic heterocycles. The lowest BCUT2D eigenvalue weighted by molar-refractivity contribution is -0.00703. The maximum Gasteiger partial charge on any atom is 0.216 e. The van der Waals surface area contributed by atoms with Crippen LogP contribution in [0.25, 0.3) is 0 Å². The summed E-state index contributed by atoms with van der Waals surface area (Å²) in [5.74, 6) is 2.68. The van der Waals surface area contributed by atoms with Gasteiger partial charge in [0.2, 0.25) is 7.59 Å². The number of benzene rings is 4. The Morgan fingerprint density at radius 3 is 1.18 bits per heavy atom. The Bertz CT molecular complexity index is 1220. The van der Waals surface area contributed by atoms with E-state index < -0.39 is 19.8 Å². The van der Waals surface area contributed by atoms with E-state index in [0.29, 0.717) is 23.0 Å². The average Bonchev–Trinajstić information content (AvgIpc) is 2.88. The highest BCUT2D eigenvalue weighted by atomic mass is 35.6. The minimum atomic E-state index is -1.80. The summed E-state index contributed by atoms with van der Waals surface area (Å²) in [6.45, 7) is 0. The molecule has 39 heavy (non-hydrogen) atoms. The number of rotatable bonds is 10. The highest BCUT2D eigenvalue weighted by Gasteiger charge is 2.41. The SMILES string of the molecule is ClC(Cl)(Cl)C(Cc1cccc(Oc2ccccc2)c1)OC(Cc1cccc(Oc2ccccc2)c1)C(Cl)(Cl)Cl.